The minimum atomic E-state index is -0.484. The molecule has 1 saturated carbocycles. The lowest BCUT2D eigenvalue weighted by Gasteiger charge is -2.23. The first-order valence-corrected chi connectivity index (χ1v) is 11.0. The van der Waals surface area contributed by atoms with Crippen molar-refractivity contribution in [3.8, 4) is 11.3 Å². The van der Waals surface area contributed by atoms with Crippen LogP contribution in [0.15, 0.2) is 35.1 Å². The van der Waals surface area contributed by atoms with Gasteiger partial charge in [0.2, 0.25) is 0 Å². The van der Waals surface area contributed by atoms with Crippen LogP contribution in [0.3, 0.4) is 0 Å². The van der Waals surface area contributed by atoms with Gasteiger partial charge in [-0.05, 0) is 45.2 Å². The van der Waals surface area contributed by atoms with Crippen molar-refractivity contribution in [3.05, 3.63) is 36.6 Å². The van der Waals surface area contributed by atoms with E-state index in [0.717, 1.165) is 24.3 Å². The van der Waals surface area contributed by atoms with Crippen molar-refractivity contribution in [2.75, 3.05) is 0 Å². The molecule has 0 radical (unpaired) electrons. The summed E-state index contributed by atoms with van der Waals surface area (Å²) in [5.41, 5.74) is 0.458. The first-order valence-electron chi connectivity index (χ1n) is 11.0. The Bertz CT molecular complexity index is 758. The summed E-state index contributed by atoms with van der Waals surface area (Å²) in [6.07, 6.45) is 15.5. The van der Waals surface area contributed by atoms with E-state index in [-0.39, 0.29) is 11.9 Å². The molecule has 2 aromatic rings. The molecule has 2 heterocycles. The molecule has 1 aliphatic carbocycles. The van der Waals surface area contributed by atoms with Crippen LogP contribution >= 0.6 is 0 Å². The molecule has 5 nitrogen and oxygen atoms in total. The highest BCUT2D eigenvalue weighted by molar-refractivity contribution is 5.70. The predicted molar refractivity (Wildman–Crippen MR) is 113 cm³/mol. The molecule has 0 bridgehead atoms. The van der Waals surface area contributed by atoms with Crippen molar-refractivity contribution in [3.63, 3.8) is 0 Å². The Morgan fingerprint density at radius 3 is 2.62 bits per heavy atom. The van der Waals surface area contributed by atoms with Crippen LogP contribution in [0.25, 0.3) is 11.3 Å². The molecule has 29 heavy (non-hydrogen) atoms. The number of rotatable bonds is 8. The van der Waals surface area contributed by atoms with Crippen LogP contribution in [0.5, 0.6) is 0 Å². The number of oxazole rings is 1. The van der Waals surface area contributed by atoms with E-state index in [0.29, 0.717) is 18.1 Å². The Hall–Kier alpha value is -2.17. The number of carbonyl (C=O) groups excluding carboxylic acids is 1. The third kappa shape index (κ3) is 6.98. The number of ether oxygens (including phenoxy) is 1. The zero-order valence-electron chi connectivity index (χ0n) is 18.0. The number of hydrogen-bond donors (Lipinski definition) is 0. The number of pyridine rings is 1. The maximum Gasteiger partial charge on any atom is 0.307 e. The summed E-state index contributed by atoms with van der Waals surface area (Å²) in [4.78, 5) is 21.0. The molecule has 0 aliphatic heterocycles. The number of nitrogens with zero attached hydrogens (tertiary/aromatic N) is 2. The average molecular weight is 399 g/mol. The molecule has 2 aromatic heterocycles. The largest absolute Gasteiger partial charge is 0.460 e. The zero-order chi connectivity index (χ0) is 20.7. The van der Waals surface area contributed by atoms with Crippen molar-refractivity contribution < 1.29 is 13.9 Å². The van der Waals surface area contributed by atoms with Crippen LogP contribution in [0.4, 0.5) is 0 Å². The fourth-order valence-electron chi connectivity index (χ4n) is 4.15. The molecular formula is C24H34N2O3. The van der Waals surface area contributed by atoms with Crippen molar-refractivity contribution in [1.82, 2.24) is 9.97 Å². The van der Waals surface area contributed by atoms with Crippen LogP contribution < -0.4 is 0 Å². The van der Waals surface area contributed by atoms with Gasteiger partial charge in [-0.3, -0.25) is 9.78 Å². The van der Waals surface area contributed by atoms with Gasteiger partial charge in [-0.1, -0.05) is 44.9 Å². The van der Waals surface area contributed by atoms with E-state index in [9.17, 15) is 4.79 Å². The van der Waals surface area contributed by atoms with Gasteiger partial charge in [0, 0.05) is 23.9 Å². The number of carbonyl (C=O) groups is 1. The van der Waals surface area contributed by atoms with E-state index in [1.807, 2.05) is 32.9 Å². The summed E-state index contributed by atoms with van der Waals surface area (Å²) in [6.45, 7) is 5.70. The molecule has 0 spiro atoms. The predicted octanol–water partition coefficient (Wildman–Crippen LogP) is 6.30. The summed E-state index contributed by atoms with van der Waals surface area (Å²) >= 11 is 0. The van der Waals surface area contributed by atoms with Gasteiger partial charge in [-0.25, -0.2) is 4.98 Å². The fourth-order valence-corrected chi connectivity index (χ4v) is 4.15. The smallest absolute Gasteiger partial charge is 0.307 e. The Morgan fingerprint density at radius 1 is 1.21 bits per heavy atom. The molecule has 1 atom stereocenters. The van der Waals surface area contributed by atoms with Gasteiger partial charge in [-0.15, -0.1) is 0 Å². The number of aromatic nitrogens is 2. The van der Waals surface area contributed by atoms with Gasteiger partial charge in [0.25, 0.3) is 0 Å². The number of hydrogen-bond acceptors (Lipinski definition) is 5. The normalized spacial score (nSPS) is 16.5. The van der Waals surface area contributed by atoms with Gasteiger partial charge in [0.1, 0.15) is 5.60 Å². The summed E-state index contributed by atoms with van der Waals surface area (Å²) in [5, 5.41) is 0. The second-order valence-electron chi connectivity index (χ2n) is 9.22. The van der Waals surface area contributed by atoms with Crippen molar-refractivity contribution in [1.29, 1.82) is 0 Å². The maximum atomic E-state index is 12.5. The fraction of sp³-hybridized carbons (Fsp3) is 0.625. The monoisotopic (exact) mass is 398 g/mol. The highest BCUT2D eigenvalue weighted by Crippen LogP contribution is 2.33. The van der Waals surface area contributed by atoms with E-state index >= 15 is 0 Å². The molecule has 0 amide bonds. The molecule has 0 unspecified atom stereocenters. The molecule has 158 valence electrons. The second kappa shape index (κ2) is 10.0. The first-order chi connectivity index (χ1) is 13.9. The van der Waals surface area contributed by atoms with Gasteiger partial charge in [-0.2, -0.15) is 0 Å². The maximum absolute atomic E-state index is 12.5. The van der Waals surface area contributed by atoms with E-state index in [4.69, 9.17) is 9.15 Å². The molecule has 0 N–H and O–H groups in total. The lowest BCUT2D eigenvalue weighted by molar-refractivity contribution is -0.155. The van der Waals surface area contributed by atoms with E-state index in [2.05, 4.69) is 9.97 Å². The van der Waals surface area contributed by atoms with Gasteiger partial charge in [0.15, 0.2) is 11.7 Å². The average Bonchev–Trinajstić information content (AvgIpc) is 3.17. The van der Waals surface area contributed by atoms with Crippen LogP contribution in [-0.2, 0) is 9.53 Å². The Kier molecular flexibility index (Phi) is 7.45. The Morgan fingerprint density at radius 2 is 1.93 bits per heavy atom. The summed E-state index contributed by atoms with van der Waals surface area (Å²) in [6, 6.07) is 3.80. The minimum absolute atomic E-state index is 0.0518. The molecule has 0 aromatic carbocycles. The first kappa shape index (κ1) is 21.5. The van der Waals surface area contributed by atoms with Crippen LogP contribution in [0.1, 0.15) is 90.4 Å². The molecule has 1 aliphatic rings. The minimum Gasteiger partial charge on any atom is -0.460 e. The van der Waals surface area contributed by atoms with Crippen LogP contribution in [-0.4, -0.2) is 21.5 Å². The second-order valence-corrected chi connectivity index (χ2v) is 9.22. The van der Waals surface area contributed by atoms with Crippen molar-refractivity contribution >= 4 is 5.97 Å². The summed E-state index contributed by atoms with van der Waals surface area (Å²) in [5.74, 6) is 1.94. The van der Waals surface area contributed by atoms with Crippen LogP contribution in [0.2, 0.25) is 0 Å². The lowest BCUT2D eigenvalue weighted by atomic mass is 9.84. The molecule has 5 heteroatoms. The SMILES string of the molecule is CC(C)(C)OC(=O)C[C@@H](CCCC1CCCCC1)c1ncc(-c2ccncc2)o1. The van der Waals surface area contributed by atoms with E-state index in [1.165, 1.54) is 38.5 Å². The third-order valence-corrected chi connectivity index (χ3v) is 5.56. The Balaban J connectivity index is 1.66. The van der Waals surface area contributed by atoms with Gasteiger partial charge < -0.3 is 9.15 Å². The van der Waals surface area contributed by atoms with E-state index < -0.39 is 5.60 Å². The lowest BCUT2D eigenvalue weighted by Crippen LogP contribution is -2.25. The molecule has 1 fully saturated rings. The third-order valence-electron chi connectivity index (χ3n) is 5.56. The summed E-state index contributed by atoms with van der Waals surface area (Å²) < 4.78 is 11.6. The number of esters is 1. The van der Waals surface area contributed by atoms with Crippen LogP contribution in [0, 0.1) is 5.92 Å². The molecule has 3 rings (SSSR count). The van der Waals surface area contributed by atoms with Crippen molar-refractivity contribution in [2.45, 2.75) is 90.1 Å². The van der Waals surface area contributed by atoms with Gasteiger partial charge in [0.05, 0.1) is 12.6 Å². The zero-order valence-corrected chi connectivity index (χ0v) is 18.0. The Labute approximate surface area is 174 Å². The molecular weight excluding hydrogens is 364 g/mol. The standard InChI is InChI=1S/C24H34N2O3/c1-24(2,3)29-22(27)16-20(11-7-10-18-8-5-4-6-9-18)23-26-17-21(28-23)19-12-14-25-15-13-19/h12-15,17-18,20H,4-11,16H2,1-3H3/t20-/m1/s1. The quantitative estimate of drug-likeness (QED) is 0.488. The van der Waals surface area contributed by atoms with Crippen molar-refractivity contribution in [2.24, 2.45) is 5.92 Å². The molecule has 0 saturated heterocycles. The van der Waals surface area contributed by atoms with E-state index in [1.54, 1.807) is 18.6 Å². The highest BCUT2D eigenvalue weighted by Gasteiger charge is 2.25. The summed E-state index contributed by atoms with van der Waals surface area (Å²) in [7, 11) is 0. The topological polar surface area (TPSA) is 65.2 Å². The highest BCUT2D eigenvalue weighted by atomic mass is 16.6. The van der Waals surface area contributed by atoms with Gasteiger partial charge >= 0.3 is 5.97 Å².